The Labute approximate surface area is 180 Å². The second kappa shape index (κ2) is 8.44. The number of hydrogen-bond donors (Lipinski definition) is 2. The second-order valence-electron chi connectivity index (χ2n) is 6.32. The van der Waals surface area contributed by atoms with Crippen LogP contribution in [0.3, 0.4) is 0 Å². The number of carbonyl (C=O) groups is 2. The first-order chi connectivity index (χ1) is 14.0. The topological polar surface area (TPSA) is 88.9 Å². The van der Waals surface area contributed by atoms with E-state index in [4.69, 9.17) is 23.2 Å². The number of nitrogens with zero attached hydrogens (tertiary/aromatic N) is 3. The van der Waals surface area contributed by atoms with E-state index >= 15 is 0 Å². The van der Waals surface area contributed by atoms with Crippen molar-refractivity contribution in [1.82, 2.24) is 14.8 Å². The highest BCUT2D eigenvalue weighted by atomic mass is 35.5. The fourth-order valence-corrected chi connectivity index (χ4v) is 4.08. The van der Waals surface area contributed by atoms with Crippen molar-refractivity contribution >= 4 is 58.4 Å². The van der Waals surface area contributed by atoms with Gasteiger partial charge in [0.05, 0.1) is 17.1 Å². The highest BCUT2D eigenvalue weighted by Gasteiger charge is 2.35. The Kier molecular flexibility index (Phi) is 5.75. The molecule has 2 aromatic carbocycles. The number of halogens is 2. The molecule has 0 unspecified atom stereocenters. The van der Waals surface area contributed by atoms with Gasteiger partial charge in [-0.15, -0.1) is 5.10 Å². The summed E-state index contributed by atoms with van der Waals surface area (Å²) < 4.78 is 1.46. The van der Waals surface area contributed by atoms with Gasteiger partial charge < -0.3 is 5.32 Å². The van der Waals surface area contributed by atoms with Gasteiger partial charge in [0.25, 0.3) is 5.91 Å². The quantitative estimate of drug-likeness (QED) is 0.546. The lowest BCUT2D eigenvalue weighted by Gasteiger charge is -2.11. The minimum absolute atomic E-state index is 0.0933. The van der Waals surface area contributed by atoms with Gasteiger partial charge in [0.2, 0.25) is 17.0 Å². The van der Waals surface area contributed by atoms with Crippen LogP contribution in [0, 0.1) is 0 Å². The molecule has 0 radical (unpaired) electrons. The number of aromatic nitrogens is 3. The molecule has 0 bridgehead atoms. The first kappa shape index (κ1) is 19.8. The van der Waals surface area contributed by atoms with Gasteiger partial charge in [0, 0.05) is 10.8 Å². The molecule has 4 rings (SSSR count). The summed E-state index contributed by atoms with van der Waals surface area (Å²) in [4.78, 5) is 29.0. The van der Waals surface area contributed by atoms with Crippen LogP contribution < -0.4 is 10.6 Å². The molecule has 7 nitrogen and oxygen atoms in total. The number of carbonyl (C=O) groups excluding carboxylic acids is 2. The lowest BCUT2D eigenvalue weighted by atomic mass is 10.2. The van der Waals surface area contributed by atoms with Crippen molar-refractivity contribution in [3.05, 3.63) is 64.1 Å². The van der Waals surface area contributed by atoms with Gasteiger partial charge in [-0.3, -0.25) is 14.9 Å². The van der Waals surface area contributed by atoms with Crippen LogP contribution in [0.2, 0.25) is 10.0 Å². The lowest BCUT2D eigenvalue weighted by molar-refractivity contribution is -0.123. The molecule has 0 spiro atoms. The van der Waals surface area contributed by atoms with E-state index in [0.29, 0.717) is 32.6 Å². The summed E-state index contributed by atoms with van der Waals surface area (Å²) in [6, 6.07) is 13.9. The summed E-state index contributed by atoms with van der Waals surface area (Å²) in [5.41, 5.74) is 1.57. The standard InChI is InChI=1S/C19H15Cl2N5O2S/c20-12-6-7-14(13(21)8-12)22-16(27)9-15-17(28)23-18-24-19(25-26(15)18)29-10-11-4-2-1-3-5-11/h1-8,15H,9-10H2,(H,22,27)(H,23,24,25,28)/t15-/m0/s1. The number of fused-ring (bicyclic) bond motifs is 1. The number of thioether (sulfide) groups is 1. The smallest absolute Gasteiger partial charge is 0.252 e. The molecule has 148 valence electrons. The van der Waals surface area contributed by atoms with Crippen LogP contribution in [0.4, 0.5) is 11.6 Å². The number of anilines is 2. The van der Waals surface area contributed by atoms with Gasteiger partial charge >= 0.3 is 0 Å². The van der Waals surface area contributed by atoms with Crippen LogP contribution in [-0.2, 0) is 15.3 Å². The van der Waals surface area contributed by atoms with Gasteiger partial charge in [0.1, 0.15) is 6.04 Å². The maximum Gasteiger partial charge on any atom is 0.252 e. The van der Waals surface area contributed by atoms with E-state index in [2.05, 4.69) is 20.7 Å². The van der Waals surface area contributed by atoms with Crippen molar-refractivity contribution in [1.29, 1.82) is 0 Å². The number of hydrogen-bond acceptors (Lipinski definition) is 5. The molecule has 1 aliphatic heterocycles. The van der Waals surface area contributed by atoms with Crippen LogP contribution in [-0.4, -0.2) is 26.6 Å². The number of nitrogens with one attached hydrogen (secondary N) is 2. The number of amides is 2. The van der Waals surface area contributed by atoms with Crippen molar-refractivity contribution in [2.45, 2.75) is 23.4 Å². The molecular formula is C19H15Cl2N5O2S. The predicted octanol–water partition coefficient (Wildman–Crippen LogP) is 4.40. The predicted molar refractivity (Wildman–Crippen MR) is 113 cm³/mol. The Balaban J connectivity index is 1.42. The molecule has 1 atom stereocenters. The van der Waals surface area contributed by atoms with Gasteiger partial charge in [-0.1, -0.05) is 65.3 Å². The zero-order valence-corrected chi connectivity index (χ0v) is 17.3. The Hall–Kier alpha value is -2.55. The number of benzene rings is 2. The van der Waals surface area contributed by atoms with E-state index in [0.717, 1.165) is 5.56 Å². The van der Waals surface area contributed by atoms with Crippen LogP contribution >= 0.6 is 35.0 Å². The molecule has 29 heavy (non-hydrogen) atoms. The average Bonchev–Trinajstić information content (AvgIpc) is 3.21. The molecule has 2 amide bonds. The van der Waals surface area contributed by atoms with Gasteiger partial charge in [-0.05, 0) is 23.8 Å². The highest BCUT2D eigenvalue weighted by Crippen LogP contribution is 2.30. The Bertz CT molecular complexity index is 1070. The van der Waals surface area contributed by atoms with Crippen molar-refractivity contribution in [2.75, 3.05) is 10.6 Å². The molecule has 0 saturated heterocycles. The summed E-state index contributed by atoms with van der Waals surface area (Å²) >= 11 is 13.4. The Morgan fingerprint density at radius 1 is 1.21 bits per heavy atom. The SMILES string of the molecule is O=C(C[C@H]1C(=O)Nc2nc(SCc3ccccc3)nn21)Nc1ccc(Cl)cc1Cl. The van der Waals surface area contributed by atoms with E-state index in [-0.39, 0.29) is 18.2 Å². The summed E-state index contributed by atoms with van der Waals surface area (Å²) in [7, 11) is 0. The fourth-order valence-electron chi connectivity index (χ4n) is 2.84. The molecule has 3 aromatic rings. The summed E-state index contributed by atoms with van der Waals surface area (Å²) in [5.74, 6) is 0.361. The second-order valence-corrected chi connectivity index (χ2v) is 8.10. The van der Waals surface area contributed by atoms with Crippen LogP contribution in [0.1, 0.15) is 18.0 Å². The minimum atomic E-state index is -0.769. The molecule has 0 fully saturated rings. The monoisotopic (exact) mass is 447 g/mol. The molecule has 1 aromatic heterocycles. The van der Waals surface area contributed by atoms with Crippen molar-refractivity contribution in [2.24, 2.45) is 0 Å². The van der Waals surface area contributed by atoms with Crippen LogP contribution in [0.5, 0.6) is 0 Å². The fraction of sp³-hybridized carbons (Fsp3) is 0.158. The van der Waals surface area contributed by atoms with Gasteiger partial charge in [0.15, 0.2) is 0 Å². The normalized spacial score (nSPS) is 15.1. The summed E-state index contributed by atoms with van der Waals surface area (Å²) in [5, 5.41) is 11.1. The summed E-state index contributed by atoms with van der Waals surface area (Å²) in [6.45, 7) is 0. The van der Waals surface area contributed by atoms with Crippen molar-refractivity contribution in [3.8, 4) is 0 Å². The van der Waals surface area contributed by atoms with Gasteiger partial charge in [-0.2, -0.15) is 4.98 Å². The minimum Gasteiger partial charge on any atom is -0.325 e. The highest BCUT2D eigenvalue weighted by molar-refractivity contribution is 7.98. The number of rotatable bonds is 6. The molecule has 0 saturated carbocycles. The third-order valence-electron chi connectivity index (χ3n) is 4.24. The van der Waals surface area contributed by atoms with E-state index < -0.39 is 6.04 Å². The van der Waals surface area contributed by atoms with E-state index in [1.165, 1.54) is 22.5 Å². The first-order valence-corrected chi connectivity index (χ1v) is 10.4. The largest absolute Gasteiger partial charge is 0.325 e. The van der Waals surface area contributed by atoms with E-state index in [1.54, 1.807) is 12.1 Å². The summed E-state index contributed by atoms with van der Waals surface area (Å²) in [6.07, 6.45) is -0.0933. The average molecular weight is 448 g/mol. The van der Waals surface area contributed by atoms with Crippen molar-refractivity contribution < 1.29 is 9.59 Å². The molecule has 2 N–H and O–H groups in total. The Morgan fingerprint density at radius 2 is 2.00 bits per heavy atom. The Morgan fingerprint density at radius 3 is 2.76 bits per heavy atom. The molecule has 10 heteroatoms. The third-order valence-corrected chi connectivity index (χ3v) is 5.70. The van der Waals surface area contributed by atoms with Crippen LogP contribution in [0.25, 0.3) is 0 Å². The van der Waals surface area contributed by atoms with Crippen LogP contribution in [0.15, 0.2) is 53.7 Å². The van der Waals surface area contributed by atoms with Crippen molar-refractivity contribution in [3.63, 3.8) is 0 Å². The lowest BCUT2D eigenvalue weighted by Crippen LogP contribution is -2.23. The van der Waals surface area contributed by atoms with Gasteiger partial charge in [-0.25, -0.2) is 4.68 Å². The third kappa shape index (κ3) is 4.55. The molecular weight excluding hydrogens is 433 g/mol. The maximum atomic E-state index is 12.4. The zero-order valence-electron chi connectivity index (χ0n) is 14.9. The first-order valence-electron chi connectivity index (χ1n) is 8.68. The molecule has 0 aliphatic carbocycles. The zero-order chi connectivity index (χ0) is 20.4. The molecule has 1 aliphatic rings. The maximum absolute atomic E-state index is 12.4. The van der Waals surface area contributed by atoms with E-state index in [1.807, 2.05) is 30.3 Å². The molecule has 2 heterocycles. The van der Waals surface area contributed by atoms with E-state index in [9.17, 15) is 9.59 Å².